The second kappa shape index (κ2) is 10.5. The Morgan fingerprint density at radius 3 is 1.15 bits per heavy atom. The summed E-state index contributed by atoms with van der Waals surface area (Å²) in [7, 11) is -3.75. The average Bonchev–Trinajstić information content (AvgIpc) is 2.75. The molecule has 2 aromatic carbocycles. The van der Waals surface area contributed by atoms with Crippen LogP contribution in [-0.4, -0.2) is 55.5 Å². The third-order valence-corrected chi connectivity index (χ3v) is 6.96. The van der Waals surface area contributed by atoms with Crippen LogP contribution in [0.3, 0.4) is 0 Å². The SMILES string of the molecule is COc1cc(O)cc(OC)c1/C=C/S(=O)(=O)NS(=O)(=O)/C=C/c1c(OC)cc(O)cc1OC. The van der Waals surface area contributed by atoms with E-state index in [-0.39, 0.29) is 45.6 Å². The number of nitrogens with one attached hydrogen (secondary N) is 1. The second-order valence-corrected chi connectivity index (χ2v) is 9.70. The molecule has 0 aliphatic heterocycles. The highest BCUT2D eigenvalue weighted by Crippen LogP contribution is 2.35. The van der Waals surface area contributed by atoms with Crippen molar-refractivity contribution in [3.63, 3.8) is 0 Å². The molecule has 0 atom stereocenters. The summed E-state index contributed by atoms with van der Waals surface area (Å²) in [4.78, 5) is 0. The predicted molar refractivity (Wildman–Crippen MR) is 121 cm³/mol. The predicted octanol–water partition coefficient (Wildman–Crippen LogP) is 2.02. The molecule has 13 heteroatoms. The smallest absolute Gasteiger partial charge is 0.246 e. The summed E-state index contributed by atoms with van der Waals surface area (Å²) in [6, 6.07) is 4.95. The van der Waals surface area contributed by atoms with E-state index in [2.05, 4.69) is 0 Å². The Bertz CT molecular complexity index is 1130. The number of phenols is 2. The standard InChI is InChI=1S/C20H23NO10S2/c1-28-17-9-13(22)10-18(29-2)15(17)5-7-32(24,25)21-33(26,27)8-6-16-19(30-3)11-14(23)12-20(16)31-4/h5-12,21-23H,1-4H3/b7-5+,8-6+. The fourth-order valence-corrected chi connectivity index (χ4v) is 5.08. The van der Waals surface area contributed by atoms with Crippen LogP contribution in [0, 0.1) is 0 Å². The minimum atomic E-state index is -4.49. The monoisotopic (exact) mass is 501 g/mol. The molecule has 0 heterocycles. The Labute approximate surface area is 191 Å². The summed E-state index contributed by atoms with van der Waals surface area (Å²) >= 11 is 0. The van der Waals surface area contributed by atoms with E-state index in [1.807, 2.05) is 0 Å². The van der Waals surface area contributed by atoms with Crippen LogP contribution in [0.5, 0.6) is 34.5 Å². The fourth-order valence-electron chi connectivity index (χ4n) is 2.71. The lowest BCUT2D eigenvalue weighted by Gasteiger charge is -2.11. The number of phenolic OH excluding ortho intramolecular Hbond substituents is 2. The van der Waals surface area contributed by atoms with Gasteiger partial charge in [0.05, 0.1) is 39.6 Å². The largest absolute Gasteiger partial charge is 0.508 e. The summed E-state index contributed by atoms with van der Waals surface area (Å²) in [6.07, 6.45) is 2.12. The van der Waals surface area contributed by atoms with E-state index in [1.165, 1.54) is 52.7 Å². The molecule has 3 N–H and O–H groups in total. The molecule has 180 valence electrons. The zero-order chi connectivity index (χ0) is 24.8. The molecule has 0 aromatic heterocycles. The van der Waals surface area contributed by atoms with Crippen molar-refractivity contribution in [1.29, 1.82) is 0 Å². The number of sulfonamides is 2. The van der Waals surface area contributed by atoms with Crippen LogP contribution in [0.1, 0.15) is 11.1 Å². The maximum absolute atomic E-state index is 12.4. The minimum Gasteiger partial charge on any atom is -0.508 e. The van der Waals surface area contributed by atoms with Gasteiger partial charge in [0.15, 0.2) is 0 Å². The van der Waals surface area contributed by atoms with Gasteiger partial charge in [0.25, 0.3) is 0 Å². The minimum absolute atomic E-state index is 0.104. The third-order valence-electron chi connectivity index (χ3n) is 4.12. The maximum Gasteiger partial charge on any atom is 0.246 e. The van der Waals surface area contributed by atoms with Crippen molar-refractivity contribution in [3.05, 3.63) is 46.2 Å². The molecular formula is C20H23NO10S2. The molecule has 2 aromatic rings. The van der Waals surface area contributed by atoms with Crippen LogP contribution >= 0.6 is 0 Å². The van der Waals surface area contributed by atoms with Crippen LogP contribution in [0.2, 0.25) is 0 Å². The molecule has 0 spiro atoms. The van der Waals surface area contributed by atoms with Crippen LogP contribution < -0.4 is 23.1 Å². The zero-order valence-corrected chi connectivity index (χ0v) is 19.7. The highest BCUT2D eigenvalue weighted by atomic mass is 32.3. The molecule has 0 amide bonds. The Morgan fingerprint density at radius 1 is 0.636 bits per heavy atom. The van der Waals surface area contributed by atoms with E-state index in [1.54, 1.807) is 4.13 Å². The van der Waals surface area contributed by atoms with Crippen molar-refractivity contribution in [2.45, 2.75) is 0 Å². The number of ether oxygens (including phenoxy) is 4. The van der Waals surface area contributed by atoms with Gasteiger partial charge in [-0.3, -0.25) is 0 Å². The van der Waals surface area contributed by atoms with Crippen molar-refractivity contribution in [3.8, 4) is 34.5 Å². The Kier molecular flexibility index (Phi) is 8.19. The fraction of sp³-hybridized carbons (Fsp3) is 0.200. The molecule has 0 fully saturated rings. The van der Waals surface area contributed by atoms with Crippen molar-refractivity contribution in [1.82, 2.24) is 4.13 Å². The van der Waals surface area contributed by atoms with Crippen LogP contribution in [-0.2, 0) is 20.0 Å². The first-order valence-corrected chi connectivity index (χ1v) is 12.1. The summed E-state index contributed by atoms with van der Waals surface area (Å²) < 4.78 is 71.4. The summed E-state index contributed by atoms with van der Waals surface area (Å²) in [6.45, 7) is 0. The van der Waals surface area contributed by atoms with E-state index in [0.717, 1.165) is 12.2 Å². The molecule has 0 aliphatic carbocycles. The molecule has 0 radical (unpaired) electrons. The summed E-state index contributed by atoms with van der Waals surface area (Å²) in [5.74, 6) is 0.0737. The molecule has 0 unspecified atom stereocenters. The van der Waals surface area contributed by atoms with Gasteiger partial charge in [0.1, 0.15) is 34.5 Å². The van der Waals surface area contributed by atoms with Crippen LogP contribution in [0.15, 0.2) is 35.1 Å². The maximum atomic E-state index is 12.4. The first kappa shape index (κ1) is 25.8. The summed E-state index contributed by atoms with van der Waals surface area (Å²) in [5, 5.41) is 20.6. The van der Waals surface area contributed by atoms with Crippen molar-refractivity contribution < 1.29 is 46.0 Å². The van der Waals surface area contributed by atoms with Gasteiger partial charge in [-0.05, 0) is 12.2 Å². The van der Waals surface area contributed by atoms with Gasteiger partial charge in [-0.1, -0.05) is 0 Å². The topological polar surface area (TPSA) is 158 Å². The lowest BCUT2D eigenvalue weighted by atomic mass is 10.1. The average molecular weight is 502 g/mol. The van der Waals surface area contributed by atoms with Gasteiger partial charge < -0.3 is 29.2 Å². The van der Waals surface area contributed by atoms with Gasteiger partial charge in [-0.25, -0.2) is 16.8 Å². The van der Waals surface area contributed by atoms with E-state index in [9.17, 15) is 27.0 Å². The van der Waals surface area contributed by atoms with E-state index in [4.69, 9.17) is 18.9 Å². The zero-order valence-electron chi connectivity index (χ0n) is 18.1. The Balaban J connectivity index is 2.34. The number of hydrogen-bond donors (Lipinski definition) is 3. The normalized spacial score (nSPS) is 12.2. The van der Waals surface area contributed by atoms with E-state index < -0.39 is 20.0 Å². The molecule has 2 rings (SSSR count). The molecule has 0 bridgehead atoms. The number of methoxy groups -OCH3 is 4. The van der Waals surface area contributed by atoms with Gasteiger partial charge in [-0.15, -0.1) is 4.13 Å². The van der Waals surface area contributed by atoms with Gasteiger partial charge in [-0.2, -0.15) is 0 Å². The summed E-state index contributed by atoms with van der Waals surface area (Å²) in [5.41, 5.74) is 0.323. The molecule has 11 nitrogen and oxygen atoms in total. The van der Waals surface area contributed by atoms with Crippen LogP contribution in [0.4, 0.5) is 0 Å². The molecule has 33 heavy (non-hydrogen) atoms. The Morgan fingerprint density at radius 2 is 0.909 bits per heavy atom. The Hall–Kier alpha value is -3.42. The van der Waals surface area contributed by atoms with Gasteiger partial charge in [0.2, 0.25) is 20.0 Å². The van der Waals surface area contributed by atoms with Crippen molar-refractivity contribution >= 4 is 32.2 Å². The second-order valence-electron chi connectivity index (χ2n) is 6.31. The highest BCUT2D eigenvalue weighted by molar-refractivity contribution is 8.07. The third kappa shape index (κ3) is 6.78. The highest BCUT2D eigenvalue weighted by Gasteiger charge is 2.18. The lowest BCUT2D eigenvalue weighted by Crippen LogP contribution is -2.27. The lowest BCUT2D eigenvalue weighted by molar-refractivity contribution is 0.383. The number of benzene rings is 2. The quantitative estimate of drug-likeness (QED) is 0.440. The van der Waals surface area contributed by atoms with E-state index in [0.29, 0.717) is 10.8 Å². The molecule has 0 saturated heterocycles. The van der Waals surface area contributed by atoms with Crippen molar-refractivity contribution in [2.75, 3.05) is 28.4 Å². The molecule has 0 aliphatic rings. The van der Waals surface area contributed by atoms with Gasteiger partial charge in [0, 0.05) is 35.1 Å². The van der Waals surface area contributed by atoms with E-state index >= 15 is 0 Å². The molecule has 0 saturated carbocycles. The first-order chi connectivity index (χ1) is 15.4. The van der Waals surface area contributed by atoms with Gasteiger partial charge >= 0.3 is 0 Å². The number of aromatic hydroxyl groups is 2. The number of hydrogen-bond acceptors (Lipinski definition) is 10. The van der Waals surface area contributed by atoms with Crippen LogP contribution in [0.25, 0.3) is 12.2 Å². The number of rotatable bonds is 10. The first-order valence-electron chi connectivity index (χ1n) is 9.00. The molecular weight excluding hydrogens is 478 g/mol. The van der Waals surface area contributed by atoms with Crippen molar-refractivity contribution in [2.24, 2.45) is 0 Å².